The SMILES string of the molecule is Cc1ncsc1-c1ccc(CNC(=O)C2CCCN2C(=O)C(C(C)C)N2Cc3cc(Br)ccc3C2=O)cc1. The number of rotatable bonds is 7. The molecule has 2 atom stereocenters. The van der Waals surface area contributed by atoms with Gasteiger partial charge in [-0.2, -0.15) is 0 Å². The highest BCUT2D eigenvalue weighted by molar-refractivity contribution is 9.10. The summed E-state index contributed by atoms with van der Waals surface area (Å²) in [6, 6.07) is 12.6. The Morgan fingerprint density at radius 1 is 1.18 bits per heavy atom. The van der Waals surface area contributed by atoms with E-state index in [0.717, 1.165) is 38.2 Å². The highest BCUT2D eigenvalue weighted by Crippen LogP contribution is 2.32. The van der Waals surface area contributed by atoms with Crippen molar-refractivity contribution in [1.82, 2.24) is 20.1 Å². The lowest BCUT2D eigenvalue weighted by molar-refractivity contribution is -0.143. The first-order valence-electron chi connectivity index (χ1n) is 12.9. The minimum atomic E-state index is -0.621. The maximum Gasteiger partial charge on any atom is 0.255 e. The lowest BCUT2D eigenvalue weighted by Crippen LogP contribution is -2.55. The molecule has 0 aliphatic carbocycles. The second kappa shape index (κ2) is 11.0. The zero-order valence-electron chi connectivity index (χ0n) is 21.7. The summed E-state index contributed by atoms with van der Waals surface area (Å²) in [4.78, 5) is 49.1. The minimum absolute atomic E-state index is 0.0887. The summed E-state index contributed by atoms with van der Waals surface area (Å²) < 4.78 is 0.905. The van der Waals surface area contributed by atoms with Crippen LogP contribution >= 0.6 is 27.3 Å². The maximum atomic E-state index is 13.8. The Labute approximate surface area is 235 Å². The van der Waals surface area contributed by atoms with E-state index in [1.807, 2.05) is 62.7 Å². The third-order valence-corrected chi connectivity index (χ3v) is 8.86. The molecule has 0 spiro atoms. The molecule has 3 amide bonds. The van der Waals surface area contributed by atoms with E-state index in [1.165, 1.54) is 0 Å². The monoisotopic (exact) mass is 594 g/mol. The number of benzene rings is 2. The fraction of sp³-hybridized carbons (Fsp3) is 0.379. The van der Waals surface area contributed by atoms with Gasteiger partial charge in [-0.3, -0.25) is 14.4 Å². The van der Waals surface area contributed by atoms with Crippen molar-refractivity contribution in [2.45, 2.75) is 58.8 Å². The van der Waals surface area contributed by atoms with Gasteiger partial charge in [-0.1, -0.05) is 54.0 Å². The molecule has 3 heterocycles. The van der Waals surface area contributed by atoms with Gasteiger partial charge in [0.1, 0.15) is 12.1 Å². The van der Waals surface area contributed by atoms with Crippen LogP contribution in [0, 0.1) is 12.8 Å². The van der Waals surface area contributed by atoms with Crippen LogP contribution in [0.5, 0.6) is 0 Å². The molecule has 198 valence electrons. The van der Waals surface area contributed by atoms with Crippen LogP contribution in [0.2, 0.25) is 0 Å². The summed E-state index contributed by atoms with van der Waals surface area (Å²) in [6.07, 6.45) is 1.38. The number of nitrogens with one attached hydrogen (secondary N) is 1. The first kappa shape index (κ1) is 26.6. The van der Waals surface area contributed by atoms with E-state index in [2.05, 4.69) is 26.2 Å². The van der Waals surface area contributed by atoms with Gasteiger partial charge in [-0.25, -0.2) is 4.98 Å². The standard InChI is InChI=1S/C29H31BrN4O3S/c1-17(2)25(34-15-21-13-22(30)10-11-23(21)28(34)36)29(37)33-12-4-5-24(33)27(35)31-14-19-6-8-20(9-7-19)26-18(3)32-16-38-26/h6-11,13,16-17,24-25H,4-5,12,14-15H2,1-3H3,(H,31,35). The van der Waals surface area contributed by atoms with E-state index < -0.39 is 12.1 Å². The Morgan fingerprint density at radius 3 is 2.63 bits per heavy atom. The van der Waals surface area contributed by atoms with E-state index >= 15 is 0 Å². The van der Waals surface area contributed by atoms with Crippen LogP contribution in [0.15, 0.2) is 52.4 Å². The van der Waals surface area contributed by atoms with Crippen molar-refractivity contribution in [2.24, 2.45) is 5.92 Å². The van der Waals surface area contributed by atoms with Gasteiger partial charge in [-0.05, 0) is 60.6 Å². The first-order chi connectivity index (χ1) is 18.2. The van der Waals surface area contributed by atoms with Crippen molar-refractivity contribution in [3.63, 3.8) is 0 Å². The Kier molecular flexibility index (Phi) is 7.68. The highest BCUT2D eigenvalue weighted by Gasteiger charge is 2.43. The molecule has 0 saturated carbocycles. The van der Waals surface area contributed by atoms with Crippen LogP contribution in [0.4, 0.5) is 0 Å². The molecule has 0 radical (unpaired) electrons. The molecule has 2 unspecified atom stereocenters. The molecule has 3 aromatic rings. The van der Waals surface area contributed by atoms with Crippen molar-refractivity contribution in [3.05, 3.63) is 74.8 Å². The van der Waals surface area contributed by atoms with Crippen LogP contribution in [-0.4, -0.2) is 51.1 Å². The van der Waals surface area contributed by atoms with Gasteiger partial charge in [0.05, 0.1) is 16.1 Å². The molecular formula is C29H31BrN4O3S. The van der Waals surface area contributed by atoms with E-state index in [4.69, 9.17) is 0 Å². The fourth-order valence-electron chi connectivity index (χ4n) is 5.45. The van der Waals surface area contributed by atoms with Crippen molar-refractivity contribution in [3.8, 4) is 10.4 Å². The Hall–Kier alpha value is -3.04. The molecule has 38 heavy (non-hydrogen) atoms. The van der Waals surface area contributed by atoms with Crippen molar-refractivity contribution in [1.29, 1.82) is 0 Å². The number of hydrogen-bond acceptors (Lipinski definition) is 5. The van der Waals surface area contributed by atoms with E-state index in [9.17, 15) is 14.4 Å². The number of likely N-dealkylation sites (tertiary alicyclic amines) is 1. The number of hydrogen-bond donors (Lipinski definition) is 1. The van der Waals surface area contributed by atoms with Gasteiger partial charge in [0.15, 0.2) is 0 Å². The third kappa shape index (κ3) is 5.14. The summed E-state index contributed by atoms with van der Waals surface area (Å²) in [5, 5.41) is 3.03. The van der Waals surface area contributed by atoms with Crippen LogP contribution < -0.4 is 5.32 Å². The normalized spacial score (nSPS) is 17.7. The predicted molar refractivity (Wildman–Crippen MR) is 152 cm³/mol. The molecule has 1 saturated heterocycles. The number of halogens is 1. The van der Waals surface area contributed by atoms with E-state index in [-0.39, 0.29) is 23.6 Å². The number of aryl methyl sites for hydroxylation is 1. The topological polar surface area (TPSA) is 82.6 Å². The molecule has 1 N–H and O–H groups in total. The van der Waals surface area contributed by atoms with Gasteiger partial charge < -0.3 is 15.1 Å². The Balaban J connectivity index is 1.25. The maximum absolute atomic E-state index is 13.8. The van der Waals surface area contributed by atoms with Gasteiger partial charge in [-0.15, -0.1) is 11.3 Å². The number of carbonyl (C=O) groups is 3. The molecule has 1 fully saturated rings. The molecule has 9 heteroatoms. The molecule has 7 nitrogen and oxygen atoms in total. The lowest BCUT2D eigenvalue weighted by Gasteiger charge is -2.35. The molecule has 2 aliphatic rings. The number of thiazole rings is 1. The number of nitrogens with zero attached hydrogens (tertiary/aromatic N) is 3. The predicted octanol–water partition coefficient (Wildman–Crippen LogP) is 5.17. The number of amides is 3. The van der Waals surface area contributed by atoms with Crippen LogP contribution in [0.25, 0.3) is 10.4 Å². The summed E-state index contributed by atoms with van der Waals surface area (Å²) >= 11 is 5.08. The smallest absolute Gasteiger partial charge is 0.255 e. The lowest BCUT2D eigenvalue weighted by atomic mass is 10.0. The van der Waals surface area contributed by atoms with Gasteiger partial charge in [0.2, 0.25) is 11.8 Å². The summed E-state index contributed by atoms with van der Waals surface area (Å²) in [5.74, 6) is -0.520. The zero-order valence-corrected chi connectivity index (χ0v) is 24.1. The fourth-order valence-corrected chi connectivity index (χ4v) is 6.67. The minimum Gasteiger partial charge on any atom is -0.350 e. The second-order valence-electron chi connectivity index (χ2n) is 10.3. The van der Waals surface area contributed by atoms with E-state index in [0.29, 0.717) is 31.6 Å². The first-order valence-corrected chi connectivity index (χ1v) is 14.6. The number of aromatic nitrogens is 1. The molecular weight excluding hydrogens is 564 g/mol. The molecule has 1 aromatic heterocycles. The number of fused-ring (bicyclic) bond motifs is 1. The van der Waals surface area contributed by atoms with Crippen molar-refractivity contribution < 1.29 is 14.4 Å². The average Bonchev–Trinajstić information content (AvgIpc) is 3.62. The molecule has 5 rings (SSSR count). The molecule has 2 aromatic carbocycles. The number of carbonyl (C=O) groups excluding carboxylic acids is 3. The highest BCUT2D eigenvalue weighted by atomic mass is 79.9. The zero-order chi connectivity index (χ0) is 27.0. The van der Waals surface area contributed by atoms with Crippen LogP contribution in [0.3, 0.4) is 0 Å². The van der Waals surface area contributed by atoms with Crippen LogP contribution in [-0.2, 0) is 22.7 Å². The second-order valence-corrected chi connectivity index (χ2v) is 12.1. The summed E-state index contributed by atoms with van der Waals surface area (Å²) in [5.41, 5.74) is 6.50. The Bertz CT molecular complexity index is 1370. The molecule has 2 aliphatic heterocycles. The van der Waals surface area contributed by atoms with Gasteiger partial charge >= 0.3 is 0 Å². The summed E-state index contributed by atoms with van der Waals surface area (Å²) in [6.45, 7) is 7.21. The molecule has 0 bridgehead atoms. The average molecular weight is 596 g/mol. The van der Waals surface area contributed by atoms with Crippen LogP contribution in [0.1, 0.15) is 53.9 Å². The Morgan fingerprint density at radius 2 is 1.95 bits per heavy atom. The third-order valence-electron chi connectivity index (χ3n) is 7.39. The van der Waals surface area contributed by atoms with Crippen molar-refractivity contribution >= 4 is 45.0 Å². The quantitative estimate of drug-likeness (QED) is 0.409. The van der Waals surface area contributed by atoms with Gasteiger partial charge in [0, 0.05) is 29.7 Å². The van der Waals surface area contributed by atoms with Crippen molar-refractivity contribution in [2.75, 3.05) is 6.54 Å². The largest absolute Gasteiger partial charge is 0.350 e. The van der Waals surface area contributed by atoms with Gasteiger partial charge in [0.25, 0.3) is 5.91 Å². The van der Waals surface area contributed by atoms with E-state index in [1.54, 1.807) is 27.2 Å². The summed E-state index contributed by atoms with van der Waals surface area (Å²) in [7, 11) is 0.